The number of ether oxygens (including phenoxy) is 2. The summed E-state index contributed by atoms with van der Waals surface area (Å²) in [5.74, 6) is -1.30. The fraction of sp³-hybridized carbons (Fsp3) is 0.292. The van der Waals surface area contributed by atoms with Crippen molar-refractivity contribution in [2.45, 2.75) is 25.9 Å². The van der Waals surface area contributed by atoms with Gasteiger partial charge in [-0.15, -0.1) is 19.8 Å². The molecule has 1 aliphatic rings. The fourth-order valence-electron chi connectivity index (χ4n) is 3.78. The van der Waals surface area contributed by atoms with Crippen LogP contribution in [0, 0.1) is 5.41 Å². The Balaban J connectivity index is 1.97. The summed E-state index contributed by atoms with van der Waals surface area (Å²) in [6, 6.07) is 6.18. The number of urea groups is 1. The zero-order valence-electron chi connectivity index (χ0n) is 19.6. The summed E-state index contributed by atoms with van der Waals surface area (Å²) in [5, 5.41) is 6.85. The third kappa shape index (κ3) is 6.39. The quantitative estimate of drug-likeness (QED) is 0.233. The fourth-order valence-corrected chi connectivity index (χ4v) is 4.06. The molecule has 2 aromatic rings. The first-order chi connectivity index (χ1) is 17.7. The van der Waals surface area contributed by atoms with Gasteiger partial charge in [0.2, 0.25) is 0 Å². The number of halogens is 7. The molecule has 14 heteroatoms. The van der Waals surface area contributed by atoms with Crippen LogP contribution in [0.2, 0.25) is 5.02 Å². The molecule has 0 saturated heterocycles. The van der Waals surface area contributed by atoms with Crippen molar-refractivity contribution >= 4 is 35.0 Å². The first-order valence-electron chi connectivity index (χ1n) is 10.9. The second kappa shape index (κ2) is 10.9. The van der Waals surface area contributed by atoms with Gasteiger partial charge < -0.3 is 14.8 Å². The first-order valence-corrected chi connectivity index (χ1v) is 11.3. The van der Waals surface area contributed by atoms with Crippen molar-refractivity contribution in [1.29, 1.82) is 0 Å². The van der Waals surface area contributed by atoms with E-state index in [1.165, 1.54) is 6.08 Å². The Morgan fingerprint density at radius 1 is 1.16 bits per heavy atom. The second-order valence-electron chi connectivity index (χ2n) is 8.00. The van der Waals surface area contributed by atoms with Gasteiger partial charge in [-0.3, -0.25) is 4.79 Å². The monoisotopic (exact) mass is 563 g/mol. The summed E-state index contributed by atoms with van der Waals surface area (Å²) in [5.41, 5.74) is -2.67. The standard InChI is InChI=1S/C24H20ClF6N3O4/c1-3-11-22(20(35)37-4-2)13-34(21(36)32-15-6-8-16(9-7-15)38-24(29,30)31)33-19(22)14-5-10-17(18(25)12-14)23(26,27)28/h3,5-10,12H,1,4,11,13H2,2H3,(H,32,36). The molecule has 0 aromatic heterocycles. The number of carbonyl (C=O) groups excluding carboxylic acids is 2. The molecule has 1 unspecified atom stereocenters. The lowest BCUT2D eigenvalue weighted by Crippen LogP contribution is -2.44. The van der Waals surface area contributed by atoms with Crippen LogP contribution in [0.4, 0.5) is 36.8 Å². The zero-order chi connectivity index (χ0) is 28.3. The van der Waals surface area contributed by atoms with Gasteiger partial charge in [0, 0.05) is 11.3 Å². The topological polar surface area (TPSA) is 80.2 Å². The van der Waals surface area contributed by atoms with Gasteiger partial charge in [0.05, 0.1) is 29.4 Å². The van der Waals surface area contributed by atoms with E-state index in [1.807, 2.05) is 0 Å². The van der Waals surface area contributed by atoms with Crippen molar-refractivity contribution in [1.82, 2.24) is 5.01 Å². The molecule has 2 aromatic carbocycles. The number of alkyl halides is 6. The summed E-state index contributed by atoms with van der Waals surface area (Å²) < 4.78 is 85.7. The molecule has 204 valence electrons. The van der Waals surface area contributed by atoms with Crippen molar-refractivity contribution in [2.75, 3.05) is 18.5 Å². The maximum Gasteiger partial charge on any atom is 0.573 e. The third-order valence-corrected chi connectivity index (χ3v) is 5.69. The number of anilines is 1. The molecule has 1 N–H and O–H groups in total. The highest BCUT2D eigenvalue weighted by atomic mass is 35.5. The van der Waals surface area contributed by atoms with Crippen molar-refractivity contribution in [2.24, 2.45) is 10.5 Å². The SMILES string of the molecule is C=CCC1(C(=O)OCC)CN(C(=O)Nc2ccc(OC(F)(F)F)cc2)N=C1c1ccc(C(F)(F)F)c(Cl)c1. The smallest absolute Gasteiger partial charge is 0.465 e. The van der Waals surface area contributed by atoms with Gasteiger partial charge in [0.15, 0.2) is 0 Å². The molecule has 3 rings (SSSR count). The van der Waals surface area contributed by atoms with E-state index in [-0.39, 0.29) is 36.5 Å². The van der Waals surface area contributed by atoms with Crippen LogP contribution in [0.5, 0.6) is 5.75 Å². The van der Waals surface area contributed by atoms with Gasteiger partial charge >= 0.3 is 24.5 Å². The number of esters is 1. The minimum atomic E-state index is -4.89. The summed E-state index contributed by atoms with van der Waals surface area (Å²) in [7, 11) is 0. The highest BCUT2D eigenvalue weighted by Crippen LogP contribution is 2.40. The Morgan fingerprint density at radius 2 is 1.82 bits per heavy atom. The number of carbonyl (C=O) groups is 2. The number of hydrogen-bond acceptors (Lipinski definition) is 5. The lowest BCUT2D eigenvalue weighted by Gasteiger charge is -2.27. The van der Waals surface area contributed by atoms with Crippen LogP contribution >= 0.6 is 11.6 Å². The molecular formula is C24H20ClF6N3O4. The Bertz CT molecular complexity index is 1250. The Labute approximate surface area is 217 Å². The van der Waals surface area contributed by atoms with E-state index in [9.17, 15) is 35.9 Å². The highest BCUT2D eigenvalue weighted by Gasteiger charge is 2.51. The van der Waals surface area contributed by atoms with Crippen LogP contribution in [0.1, 0.15) is 24.5 Å². The number of benzene rings is 2. The van der Waals surface area contributed by atoms with Gasteiger partial charge in [-0.1, -0.05) is 23.7 Å². The maximum atomic E-state index is 13.2. The zero-order valence-corrected chi connectivity index (χ0v) is 20.4. The number of hydrogen-bond donors (Lipinski definition) is 1. The molecule has 38 heavy (non-hydrogen) atoms. The van der Waals surface area contributed by atoms with E-state index in [0.717, 1.165) is 47.5 Å². The Hall–Kier alpha value is -3.74. The minimum absolute atomic E-state index is 0.0304. The van der Waals surface area contributed by atoms with E-state index in [2.05, 4.69) is 21.7 Å². The van der Waals surface area contributed by atoms with E-state index in [4.69, 9.17) is 16.3 Å². The third-order valence-electron chi connectivity index (χ3n) is 5.37. The molecule has 0 radical (unpaired) electrons. The minimum Gasteiger partial charge on any atom is -0.465 e. The molecule has 0 aliphatic carbocycles. The van der Waals surface area contributed by atoms with E-state index in [0.29, 0.717) is 0 Å². The number of hydrazone groups is 1. The van der Waals surface area contributed by atoms with Gasteiger partial charge in [-0.25, -0.2) is 9.80 Å². The summed E-state index contributed by atoms with van der Waals surface area (Å²) in [6.07, 6.45) is -8.33. The molecule has 0 fully saturated rings. The van der Waals surface area contributed by atoms with E-state index >= 15 is 0 Å². The van der Waals surface area contributed by atoms with E-state index < -0.39 is 46.3 Å². The molecule has 0 bridgehead atoms. The predicted molar refractivity (Wildman–Crippen MR) is 126 cm³/mol. The molecule has 1 atom stereocenters. The van der Waals surface area contributed by atoms with Crippen LogP contribution in [0.25, 0.3) is 0 Å². The Kier molecular flexibility index (Phi) is 8.30. The number of nitrogens with one attached hydrogen (secondary N) is 1. The molecule has 7 nitrogen and oxygen atoms in total. The Morgan fingerprint density at radius 3 is 2.34 bits per heavy atom. The lowest BCUT2D eigenvalue weighted by atomic mass is 9.77. The summed E-state index contributed by atoms with van der Waals surface area (Å²) in [6.45, 7) is 4.78. The molecule has 0 saturated carbocycles. The molecule has 2 amide bonds. The van der Waals surface area contributed by atoms with Crippen LogP contribution in [-0.2, 0) is 15.7 Å². The maximum absolute atomic E-state index is 13.2. The normalized spacial score (nSPS) is 17.6. The number of amides is 2. The largest absolute Gasteiger partial charge is 0.573 e. The first kappa shape index (κ1) is 28.8. The van der Waals surface area contributed by atoms with Gasteiger partial charge in [-0.2, -0.15) is 18.3 Å². The second-order valence-corrected chi connectivity index (χ2v) is 8.40. The van der Waals surface area contributed by atoms with Crippen molar-refractivity contribution in [3.05, 3.63) is 71.3 Å². The van der Waals surface area contributed by atoms with Crippen LogP contribution in [0.3, 0.4) is 0 Å². The highest BCUT2D eigenvalue weighted by molar-refractivity contribution is 6.32. The van der Waals surface area contributed by atoms with Crippen LogP contribution in [0.15, 0.2) is 60.2 Å². The number of rotatable bonds is 7. The summed E-state index contributed by atoms with van der Waals surface area (Å²) in [4.78, 5) is 26.1. The molecule has 0 spiro atoms. The van der Waals surface area contributed by atoms with E-state index in [1.54, 1.807) is 6.92 Å². The number of allylic oxidation sites excluding steroid dienone is 1. The lowest BCUT2D eigenvalue weighted by molar-refractivity contribution is -0.274. The molecule has 1 aliphatic heterocycles. The van der Waals surface area contributed by atoms with Gasteiger partial charge in [0.25, 0.3) is 0 Å². The average molecular weight is 564 g/mol. The van der Waals surface area contributed by atoms with Crippen LogP contribution < -0.4 is 10.1 Å². The van der Waals surface area contributed by atoms with Gasteiger partial charge in [0.1, 0.15) is 11.2 Å². The van der Waals surface area contributed by atoms with Crippen molar-refractivity contribution in [3.8, 4) is 5.75 Å². The molecular weight excluding hydrogens is 544 g/mol. The van der Waals surface area contributed by atoms with Crippen LogP contribution in [-0.4, -0.2) is 42.2 Å². The van der Waals surface area contributed by atoms with Crippen molar-refractivity contribution in [3.63, 3.8) is 0 Å². The summed E-state index contributed by atoms with van der Waals surface area (Å²) >= 11 is 5.88. The van der Waals surface area contributed by atoms with Gasteiger partial charge in [-0.05, 0) is 49.7 Å². The predicted octanol–water partition coefficient (Wildman–Crippen LogP) is 6.63. The number of nitrogens with zero attached hydrogens (tertiary/aromatic N) is 2. The van der Waals surface area contributed by atoms with Crippen molar-refractivity contribution < 1.29 is 45.4 Å². The molecule has 1 heterocycles. The average Bonchev–Trinajstić information content (AvgIpc) is 3.20.